The van der Waals surface area contributed by atoms with Gasteiger partial charge in [0, 0.05) is 35.1 Å². The predicted octanol–water partition coefficient (Wildman–Crippen LogP) is 5.90. The first-order valence-electron chi connectivity index (χ1n) is 11.8. The maximum absolute atomic E-state index is 15.3. The fraction of sp³-hybridized carbons (Fsp3) is 0.370. The molecular weight excluding hydrogens is 471 g/mol. The fourth-order valence-corrected chi connectivity index (χ4v) is 4.28. The Hall–Kier alpha value is -3.62. The molecule has 0 radical (unpaired) electrons. The van der Waals surface area contributed by atoms with Crippen LogP contribution in [-0.4, -0.2) is 28.3 Å². The molecule has 6 nitrogen and oxygen atoms in total. The fourth-order valence-electron chi connectivity index (χ4n) is 4.28. The molecule has 0 unspecified atom stereocenters. The summed E-state index contributed by atoms with van der Waals surface area (Å²) in [6.07, 6.45) is 3.84. The molecule has 1 aliphatic carbocycles. The monoisotopic (exact) mass is 499 g/mol. The van der Waals surface area contributed by atoms with E-state index in [2.05, 4.69) is 10.4 Å². The zero-order chi connectivity index (χ0) is 26.3. The summed E-state index contributed by atoms with van der Waals surface area (Å²) in [4.78, 5) is 25.9. The van der Waals surface area contributed by atoms with Crippen molar-refractivity contribution in [2.24, 2.45) is 0 Å². The molecule has 3 aromatic rings. The summed E-state index contributed by atoms with van der Waals surface area (Å²) in [5.74, 6) is -2.69. The van der Waals surface area contributed by atoms with Crippen molar-refractivity contribution in [1.29, 1.82) is 0 Å². The van der Waals surface area contributed by atoms with Crippen LogP contribution < -0.4 is 5.32 Å². The Morgan fingerprint density at radius 3 is 2.42 bits per heavy atom. The molecule has 1 amide bonds. The molecule has 1 aromatic heterocycles. The third-order valence-electron chi connectivity index (χ3n) is 6.45. The highest BCUT2D eigenvalue weighted by atomic mass is 19.1. The van der Waals surface area contributed by atoms with Crippen LogP contribution in [0.15, 0.2) is 42.7 Å². The zero-order valence-corrected chi connectivity index (χ0v) is 20.6. The van der Waals surface area contributed by atoms with Crippen LogP contribution in [0.25, 0.3) is 11.1 Å². The predicted molar refractivity (Wildman–Crippen MR) is 129 cm³/mol. The smallest absolute Gasteiger partial charge is 0.338 e. The number of esters is 1. The first-order valence-corrected chi connectivity index (χ1v) is 11.8. The van der Waals surface area contributed by atoms with Gasteiger partial charge in [-0.05, 0) is 64.3 Å². The Balaban J connectivity index is 1.68. The van der Waals surface area contributed by atoms with Gasteiger partial charge in [-0.15, -0.1) is 0 Å². The number of nitrogens with one attached hydrogen (secondary N) is 1. The highest BCUT2D eigenvalue weighted by Gasteiger charge is 2.53. The van der Waals surface area contributed by atoms with Gasteiger partial charge in [0.1, 0.15) is 17.3 Å². The summed E-state index contributed by atoms with van der Waals surface area (Å²) >= 11 is 0. The average Bonchev–Trinajstić information content (AvgIpc) is 3.48. The summed E-state index contributed by atoms with van der Waals surface area (Å²) in [6, 6.07) is 6.46. The number of aromatic nitrogens is 2. The Kier molecular flexibility index (Phi) is 6.68. The van der Waals surface area contributed by atoms with E-state index in [1.807, 2.05) is 6.92 Å². The van der Waals surface area contributed by atoms with Crippen molar-refractivity contribution >= 4 is 17.6 Å². The summed E-state index contributed by atoms with van der Waals surface area (Å²) in [5.41, 5.74) is -2.16. The number of halogens is 3. The van der Waals surface area contributed by atoms with Crippen molar-refractivity contribution in [2.45, 2.75) is 58.2 Å². The van der Waals surface area contributed by atoms with Gasteiger partial charge in [0.25, 0.3) is 0 Å². The largest absolute Gasteiger partial charge is 0.462 e. The van der Waals surface area contributed by atoms with Crippen molar-refractivity contribution in [3.05, 3.63) is 71.1 Å². The summed E-state index contributed by atoms with van der Waals surface area (Å²) in [7, 11) is 0. The van der Waals surface area contributed by atoms with Gasteiger partial charge in [-0.3, -0.25) is 9.48 Å². The van der Waals surface area contributed by atoms with Crippen LogP contribution in [0.2, 0.25) is 0 Å². The maximum Gasteiger partial charge on any atom is 0.338 e. The molecule has 0 saturated heterocycles. The molecule has 9 heteroatoms. The van der Waals surface area contributed by atoms with E-state index in [4.69, 9.17) is 4.74 Å². The van der Waals surface area contributed by atoms with Crippen LogP contribution in [0.4, 0.5) is 18.9 Å². The minimum Gasteiger partial charge on any atom is -0.462 e. The van der Waals surface area contributed by atoms with Crippen LogP contribution in [0.3, 0.4) is 0 Å². The number of nitrogens with zero attached hydrogens (tertiary/aromatic N) is 2. The molecule has 4 rings (SSSR count). The van der Waals surface area contributed by atoms with Crippen LogP contribution in [0, 0.1) is 11.6 Å². The lowest BCUT2D eigenvalue weighted by Crippen LogP contribution is -2.29. The molecule has 0 aliphatic heterocycles. The normalized spacial score (nSPS) is 14.4. The maximum atomic E-state index is 15.3. The van der Waals surface area contributed by atoms with E-state index in [0.717, 1.165) is 12.1 Å². The number of rotatable bonds is 8. The first kappa shape index (κ1) is 25.5. The van der Waals surface area contributed by atoms with E-state index in [1.165, 1.54) is 38.2 Å². The van der Waals surface area contributed by atoms with E-state index in [-0.39, 0.29) is 34.5 Å². The standard InChI is InChI=1S/C27H28F3N3O3/c1-5-33-15-16(14-31-33)23-19(24(34)36-6-2)12-18(13-22(23)29)32-25(35)27(9-10-27)20-8-7-17(11-21(20)28)26(3,4)30/h7-8,11-15H,5-6,9-10H2,1-4H3,(H,32,35). The molecule has 1 heterocycles. The van der Waals surface area contributed by atoms with Crippen molar-refractivity contribution in [3.63, 3.8) is 0 Å². The summed E-state index contributed by atoms with van der Waals surface area (Å²) in [5, 5.41) is 6.78. The molecular formula is C27H28F3N3O3. The van der Waals surface area contributed by atoms with Gasteiger partial charge in [0.05, 0.1) is 23.8 Å². The van der Waals surface area contributed by atoms with Gasteiger partial charge >= 0.3 is 5.97 Å². The molecule has 190 valence electrons. The molecule has 1 N–H and O–H groups in total. The second-order valence-electron chi connectivity index (χ2n) is 9.39. The number of ether oxygens (including phenoxy) is 1. The number of anilines is 1. The van der Waals surface area contributed by atoms with Crippen LogP contribution in [0.1, 0.15) is 62.0 Å². The highest BCUT2D eigenvalue weighted by molar-refractivity contribution is 6.04. The Morgan fingerprint density at radius 2 is 1.86 bits per heavy atom. The molecule has 36 heavy (non-hydrogen) atoms. The lowest BCUT2D eigenvalue weighted by atomic mass is 9.90. The third kappa shape index (κ3) is 4.74. The number of carbonyl (C=O) groups excluding carboxylic acids is 2. The van der Waals surface area contributed by atoms with Crippen molar-refractivity contribution in [1.82, 2.24) is 9.78 Å². The minimum atomic E-state index is -1.73. The summed E-state index contributed by atoms with van der Waals surface area (Å²) < 4.78 is 51.2. The van der Waals surface area contributed by atoms with Gasteiger partial charge in [-0.1, -0.05) is 12.1 Å². The third-order valence-corrected chi connectivity index (χ3v) is 6.45. The van der Waals surface area contributed by atoms with Crippen LogP contribution in [0.5, 0.6) is 0 Å². The zero-order valence-electron chi connectivity index (χ0n) is 20.6. The molecule has 0 bridgehead atoms. The summed E-state index contributed by atoms with van der Waals surface area (Å²) in [6.45, 7) is 6.81. The van der Waals surface area contributed by atoms with Gasteiger partial charge in [-0.25, -0.2) is 18.0 Å². The van der Waals surface area contributed by atoms with E-state index >= 15 is 4.39 Å². The first-order chi connectivity index (χ1) is 17.0. The van der Waals surface area contributed by atoms with Gasteiger partial charge < -0.3 is 10.1 Å². The number of hydrogen-bond donors (Lipinski definition) is 1. The minimum absolute atomic E-state index is 0.0164. The van der Waals surface area contributed by atoms with E-state index < -0.39 is 34.6 Å². The topological polar surface area (TPSA) is 73.2 Å². The second-order valence-corrected chi connectivity index (χ2v) is 9.39. The number of benzene rings is 2. The van der Waals surface area contributed by atoms with Crippen molar-refractivity contribution in [2.75, 3.05) is 11.9 Å². The Morgan fingerprint density at radius 1 is 1.14 bits per heavy atom. The quantitative estimate of drug-likeness (QED) is 0.392. The number of hydrogen-bond acceptors (Lipinski definition) is 4. The molecule has 0 spiro atoms. The highest BCUT2D eigenvalue weighted by Crippen LogP contribution is 2.50. The van der Waals surface area contributed by atoms with Crippen LogP contribution >= 0.6 is 0 Å². The molecule has 1 fully saturated rings. The lowest BCUT2D eigenvalue weighted by molar-refractivity contribution is -0.118. The number of alkyl halides is 1. The van der Waals surface area contributed by atoms with Gasteiger partial charge in [0.15, 0.2) is 0 Å². The van der Waals surface area contributed by atoms with Gasteiger partial charge in [0.2, 0.25) is 5.91 Å². The number of carbonyl (C=O) groups is 2. The van der Waals surface area contributed by atoms with Crippen molar-refractivity contribution < 1.29 is 27.5 Å². The molecule has 1 aliphatic rings. The van der Waals surface area contributed by atoms with Gasteiger partial charge in [-0.2, -0.15) is 5.10 Å². The molecule has 2 aromatic carbocycles. The second kappa shape index (κ2) is 9.44. The van der Waals surface area contributed by atoms with E-state index in [0.29, 0.717) is 24.9 Å². The van der Waals surface area contributed by atoms with E-state index in [9.17, 15) is 18.4 Å². The number of aryl methyl sites for hydroxylation is 1. The Bertz CT molecular complexity index is 1320. The number of amides is 1. The molecule has 1 saturated carbocycles. The molecule has 0 atom stereocenters. The van der Waals surface area contributed by atoms with E-state index in [1.54, 1.807) is 17.8 Å². The SMILES string of the molecule is CCOC(=O)c1cc(NC(=O)C2(c3ccc(C(C)(C)F)cc3F)CC2)cc(F)c1-c1cnn(CC)c1. The van der Waals surface area contributed by atoms with Crippen molar-refractivity contribution in [3.8, 4) is 11.1 Å². The average molecular weight is 500 g/mol. The Labute approximate surface area is 207 Å². The van der Waals surface area contributed by atoms with Crippen LogP contribution in [-0.2, 0) is 27.2 Å². The lowest BCUT2D eigenvalue weighted by Gasteiger charge is -2.20.